The van der Waals surface area contributed by atoms with Gasteiger partial charge in [0.05, 0.1) is 6.54 Å². The zero-order valence-electron chi connectivity index (χ0n) is 13.9. The van der Waals surface area contributed by atoms with Gasteiger partial charge in [-0.3, -0.25) is 0 Å². The Morgan fingerprint density at radius 1 is 1.16 bits per heavy atom. The van der Waals surface area contributed by atoms with Gasteiger partial charge in [-0.2, -0.15) is 4.98 Å². The van der Waals surface area contributed by atoms with Gasteiger partial charge in [0.2, 0.25) is 11.7 Å². The number of nitrogens with one attached hydrogen (secondary N) is 1. The van der Waals surface area contributed by atoms with Crippen LogP contribution in [-0.2, 0) is 6.54 Å². The molecule has 1 N–H and O–H groups in total. The highest BCUT2D eigenvalue weighted by atomic mass is 32.1. The van der Waals surface area contributed by atoms with Crippen molar-refractivity contribution in [3.63, 3.8) is 0 Å². The fourth-order valence-electron chi connectivity index (χ4n) is 2.17. The Hall–Kier alpha value is -2.80. The number of thiocarbonyl (C=S) groups is 1. The molecule has 1 heterocycles. The van der Waals surface area contributed by atoms with Crippen LogP contribution in [0.25, 0.3) is 11.4 Å². The molecule has 0 saturated heterocycles. The standard InChI is InChI=1S/C18H17FN4OS/c1-12-3-5-13(6-4-12)17-21-16(24-22-17)11-23(2)18(25)20-15-9-7-14(19)8-10-15/h3-10H,11H2,1-2H3,(H,20,25). The lowest BCUT2D eigenvalue weighted by molar-refractivity contribution is 0.336. The first-order valence-electron chi connectivity index (χ1n) is 7.68. The molecule has 0 spiro atoms. The summed E-state index contributed by atoms with van der Waals surface area (Å²) >= 11 is 5.34. The van der Waals surface area contributed by atoms with E-state index >= 15 is 0 Å². The molecule has 0 fully saturated rings. The Bertz CT molecular complexity index is 862. The molecular formula is C18H17FN4OS. The van der Waals surface area contributed by atoms with Crippen molar-refractivity contribution in [1.29, 1.82) is 0 Å². The molecule has 0 bridgehead atoms. The zero-order valence-corrected chi connectivity index (χ0v) is 14.7. The van der Waals surface area contributed by atoms with Gasteiger partial charge in [0.1, 0.15) is 5.82 Å². The summed E-state index contributed by atoms with van der Waals surface area (Å²) in [4.78, 5) is 6.16. The Kier molecular flexibility index (Phi) is 5.04. The van der Waals surface area contributed by atoms with Crippen molar-refractivity contribution in [2.75, 3.05) is 12.4 Å². The van der Waals surface area contributed by atoms with E-state index < -0.39 is 0 Å². The van der Waals surface area contributed by atoms with Crippen LogP contribution in [0.2, 0.25) is 0 Å². The molecule has 0 aliphatic carbocycles. The lowest BCUT2D eigenvalue weighted by Gasteiger charge is -2.19. The molecule has 128 valence electrons. The minimum absolute atomic E-state index is 0.292. The molecule has 3 aromatic rings. The lowest BCUT2D eigenvalue weighted by atomic mass is 10.1. The van der Waals surface area contributed by atoms with Crippen LogP contribution in [0.3, 0.4) is 0 Å². The van der Waals surface area contributed by atoms with Gasteiger partial charge in [0, 0.05) is 18.3 Å². The van der Waals surface area contributed by atoms with E-state index in [2.05, 4.69) is 15.5 Å². The normalized spacial score (nSPS) is 10.5. The van der Waals surface area contributed by atoms with Crippen molar-refractivity contribution in [3.8, 4) is 11.4 Å². The van der Waals surface area contributed by atoms with Crippen LogP contribution in [0, 0.1) is 12.7 Å². The minimum Gasteiger partial charge on any atom is -0.343 e. The molecule has 0 unspecified atom stereocenters. The predicted molar refractivity (Wildman–Crippen MR) is 98.6 cm³/mol. The quantitative estimate of drug-likeness (QED) is 0.713. The molecule has 2 aromatic carbocycles. The monoisotopic (exact) mass is 356 g/mol. The van der Waals surface area contributed by atoms with E-state index in [9.17, 15) is 4.39 Å². The molecule has 0 atom stereocenters. The zero-order chi connectivity index (χ0) is 17.8. The summed E-state index contributed by atoms with van der Waals surface area (Å²) in [6, 6.07) is 13.9. The second-order valence-electron chi connectivity index (χ2n) is 5.67. The first-order chi connectivity index (χ1) is 12.0. The number of rotatable bonds is 4. The summed E-state index contributed by atoms with van der Waals surface area (Å²) in [7, 11) is 1.81. The van der Waals surface area contributed by atoms with Crippen molar-refractivity contribution in [1.82, 2.24) is 15.0 Å². The van der Waals surface area contributed by atoms with Gasteiger partial charge < -0.3 is 14.7 Å². The third-order valence-electron chi connectivity index (χ3n) is 3.59. The second kappa shape index (κ2) is 7.40. The smallest absolute Gasteiger partial charge is 0.246 e. The molecule has 3 rings (SSSR count). The molecule has 0 saturated carbocycles. The molecule has 0 radical (unpaired) electrons. The summed E-state index contributed by atoms with van der Waals surface area (Å²) in [5.41, 5.74) is 2.78. The summed E-state index contributed by atoms with van der Waals surface area (Å²) < 4.78 is 18.2. The Balaban J connectivity index is 1.62. The van der Waals surface area contributed by atoms with Crippen molar-refractivity contribution in [2.24, 2.45) is 0 Å². The van der Waals surface area contributed by atoms with Crippen molar-refractivity contribution < 1.29 is 8.91 Å². The van der Waals surface area contributed by atoms with E-state index in [-0.39, 0.29) is 5.82 Å². The SMILES string of the molecule is Cc1ccc(-c2noc(CN(C)C(=S)Nc3ccc(F)cc3)n2)cc1. The molecule has 1 aromatic heterocycles. The van der Waals surface area contributed by atoms with Crippen molar-refractivity contribution in [2.45, 2.75) is 13.5 Å². The number of anilines is 1. The molecule has 5 nitrogen and oxygen atoms in total. The Morgan fingerprint density at radius 2 is 1.84 bits per heavy atom. The third kappa shape index (κ3) is 4.39. The molecule has 0 aliphatic heterocycles. The Morgan fingerprint density at radius 3 is 2.52 bits per heavy atom. The van der Waals surface area contributed by atoms with Crippen molar-refractivity contribution >= 4 is 23.0 Å². The lowest BCUT2D eigenvalue weighted by Crippen LogP contribution is -2.30. The highest BCUT2D eigenvalue weighted by Gasteiger charge is 2.13. The van der Waals surface area contributed by atoms with Crippen LogP contribution in [0.5, 0.6) is 0 Å². The summed E-state index contributed by atoms with van der Waals surface area (Å²) in [5.74, 6) is 0.710. The van der Waals surface area contributed by atoms with Gasteiger partial charge >= 0.3 is 0 Å². The number of hydrogen-bond donors (Lipinski definition) is 1. The van der Waals surface area contributed by atoms with Gasteiger partial charge in [-0.05, 0) is 43.4 Å². The minimum atomic E-state index is -0.292. The molecular weight excluding hydrogens is 339 g/mol. The number of nitrogens with zero attached hydrogens (tertiary/aromatic N) is 3. The highest BCUT2D eigenvalue weighted by molar-refractivity contribution is 7.80. The summed E-state index contributed by atoms with van der Waals surface area (Å²) in [6.45, 7) is 2.39. The maximum atomic E-state index is 12.9. The molecule has 0 amide bonds. The maximum Gasteiger partial charge on any atom is 0.246 e. The first kappa shape index (κ1) is 17.0. The number of benzene rings is 2. The van der Waals surface area contributed by atoms with Gasteiger partial charge in [0.15, 0.2) is 5.11 Å². The largest absolute Gasteiger partial charge is 0.343 e. The summed E-state index contributed by atoms with van der Waals surface area (Å²) in [6.07, 6.45) is 0. The fraction of sp³-hybridized carbons (Fsp3) is 0.167. The fourth-order valence-corrected chi connectivity index (χ4v) is 2.35. The Labute approximate surface area is 150 Å². The van der Waals surface area contributed by atoms with E-state index in [1.807, 2.05) is 38.2 Å². The van der Waals surface area contributed by atoms with Crippen molar-refractivity contribution in [3.05, 3.63) is 65.8 Å². The number of aromatic nitrogens is 2. The van der Waals surface area contributed by atoms with Crippen LogP contribution < -0.4 is 5.32 Å². The van der Waals surface area contributed by atoms with Crippen LogP contribution in [0.4, 0.5) is 10.1 Å². The van der Waals surface area contributed by atoms with Crippen LogP contribution >= 0.6 is 12.2 Å². The third-order valence-corrected chi connectivity index (χ3v) is 4.01. The maximum absolute atomic E-state index is 12.9. The predicted octanol–water partition coefficient (Wildman–Crippen LogP) is 4.01. The van der Waals surface area contributed by atoms with Gasteiger partial charge in [-0.25, -0.2) is 4.39 Å². The van der Waals surface area contributed by atoms with Crippen LogP contribution in [0.1, 0.15) is 11.5 Å². The molecule has 7 heteroatoms. The van der Waals surface area contributed by atoms with Crippen LogP contribution in [0.15, 0.2) is 53.1 Å². The van der Waals surface area contributed by atoms with Gasteiger partial charge in [0.25, 0.3) is 0 Å². The number of hydrogen-bond acceptors (Lipinski definition) is 4. The van der Waals surface area contributed by atoms with Crippen LogP contribution in [-0.4, -0.2) is 27.2 Å². The molecule has 0 aliphatic rings. The van der Waals surface area contributed by atoms with E-state index in [4.69, 9.17) is 16.7 Å². The first-order valence-corrected chi connectivity index (χ1v) is 8.09. The number of halogens is 1. The summed E-state index contributed by atoms with van der Waals surface area (Å²) in [5, 5.41) is 7.51. The average Bonchev–Trinajstić information content (AvgIpc) is 3.06. The van der Waals surface area contributed by atoms with E-state index in [1.54, 1.807) is 17.0 Å². The van der Waals surface area contributed by atoms with Gasteiger partial charge in [-0.15, -0.1) is 0 Å². The average molecular weight is 356 g/mol. The van der Waals surface area contributed by atoms with E-state index in [0.29, 0.717) is 29.1 Å². The van der Waals surface area contributed by atoms with E-state index in [1.165, 1.54) is 17.7 Å². The second-order valence-corrected chi connectivity index (χ2v) is 6.06. The number of aryl methyl sites for hydroxylation is 1. The topological polar surface area (TPSA) is 54.2 Å². The van der Waals surface area contributed by atoms with E-state index in [0.717, 1.165) is 5.56 Å². The molecule has 25 heavy (non-hydrogen) atoms. The van der Waals surface area contributed by atoms with Gasteiger partial charge in [-0.1, -0.05) is 35.0 Å². The highest BCUT2D eigenvalue weighted by Crippen LogP contribution is 2.17.